The minimum Gasteiger partial charge on any atom is -0.318 e. The molecule has 0 saturated heterocycles. The minimum atomic E-state index is -4.33. The number of amides is 1. The molecule has 0 aliphatic heterocycles. The standard InChI is InChI=1S/C32H30Cl2N6O4S/c1-21-17-24(22(2)39(21)26-15-16-28(33)29(34)18-26)19-35-36-30(41)20-38(45(43,44)27-13-9-6-10-14-27)31-23(3)37(4)40(32(31)42)25-11-7-5-8-12-25/h5-19H,20H2,1-4H3,(H,36,41)/b35-19+. The summed E-state index contributed by atoms with van der Waals surface area (Å²) in [5.41, 5.74) is 5.84. The van der Waals surface area contributed by atoms with Crippen LogP contribution in [0.5, 0.6) is 0 Å². The fourth-order valence-electron chi connectivity index (χ4n) is 5.12. The van der Waals surface area contributed by atoms with Crippen LogP contribution in [-0.4, -0.2) is 41.0 Å². The van der Waals surface area contributed by atoms with Crippen LogP contribution in [0.3, 0.4) is 0 Å². The Kier molecular flexibility index (Phi) is 9.06. The van der Waals surface area contributed by atoms with Gasteiger partial charge < -0.3 is 4.57 Å². The van der Waals surface area contributed by atoms with E-state index in [2.05, 4.69) is 10.5 Å². The largest absolute Gasteiger partial charge is 0.318 e. The van der Waals surface area contributed by atoms with Crippen LogP contribution in [0.15, 0.2) is 99.7 Å². The molecule has 0 spiro atoms. The van der Waals surface area contributed by atoms with Crippen LogP contribution >= 0.6 is 23.2 Å². The van der Waals surface area contributed by atoms with Crippen LogP contribution in [0.4, 0.5) is 5.69 Å². The number of nitrogens with zero attached hydrogens (tertiary/aromatic N) is 5. The summed E-state index contributed by atoms with van der Waals surface area (Å²) in [6.45, 7) is 4.75. The van der Waals surface area contributed by atoms with Crippen LogP contribution in [0.2, 0.25) is 10.0 Å². The van der Waals surface area contributed by atoms with Gasteiger partial charge in [0.1, 0.15) is 12.2 Å². The van der Waals surface area contributed by atoms with E-state index in [0.717, 1.165) is 26.9 Å². The van der Waals surface area contributed by atoms with E-state index in [1.807, 2.05) is 36.6 Å². The van der Waals surface area contributed by atoms with Crippen molar-refractivity contribution in [3.05, 3.63) is 128 Å². The summed E-state index contributed by atoms with van der Waals surface area (Å²) in [5, 5.41) is 4.97. The SMILES string of the molecule is Cc1cc(/C=N/NC(=O)CN(c2c(C)n(C)n(-c3ccccc3)c2=O)S(=O)(=O)c2ccccc2)c(C)n1-c1ccc(Cl)c(Cl)c1. The smallest absolute Gasteiger partial charge is 0.296 e. The topological polar surface area (TPSA) is 111 Å². The summed E-state index contributed by atoms with van der Waals surface area (Å²) in [4.78, 5) is 27.0. The Morgan fingerprint density at radius 1 is 0.889 bits per heavy atom. The van der Waals surface area contributed by atoms with Crippen molar-refractivity contribution in [2.45, 2.75) is 25.7 Å². The van der Waals surface area contributed by atoms with Gasteiger partial charge in [-0.25, -0.2) is 22.8 Å². The highest BCUT2D eigenvalue weighted by atomic mass is 35.5. The molecule has 0 fully saturated rings. The molecule has 232 valence electrons. The number of halogens is 2. The van der Waals surface area contributed by atoms with Crippen LogP contribution in [0.1, 0.15) is 22.6 Å². The zero-order valence-electron chi connectivity index (χ0n) is 24.9. The number of rotatable bonds is 9. The molecule has 10 nitrogen and oxygen atoms in total. The molecule has 45 heavy (non-hydrogen) atoms. The second-order valence-electron chi connectivity index (χ2n) is 10.3. The highest BCUT2D eigenvalue weighted by molar-refractivity contribution is 7.92. The summed E-state index contributed by atoms with van der Waals surface area (Å²) in [7, 11) is -2.68. The first-order valence-corrected chi connectivity index (χ1v) is 16.0. The van der Waals surface area contributed by atoms with Gasteiger partial charge in [0, 0.05) is 29.7 Å². The molecule has 0 atom stereocenters. The van der Waals surface area contributed by atoms with Crippen molar-refractivity contribution >= 4 is 51.0 Å². The lowest BCUT2D eigenvalue weighted by atomic mass is 10.2. The highest BCUT2D eigenvalue weighted by Crippen LogP contribution is 2.28. The zero-order valence-corrected chi connectivity index (χ0v) is 27.2. The number of carbonyl (C=O) groups is 1. The maximum absolute atomic E-state index is 13.9. The lowest BCUT2D eigenvalue weighted by Gasteiger charge is -2.22. The number of hydrogen-bond donors (Lipinski definition) is 1. The van der Waals surface area contributed by atoms with Gasteiger partial charge in [-0.15, -0.1) is 0 Å². The van der Waals surface area contributed by atoms with Crippen molar-refractivity contribution in [2.75, 3.05) is 10.8 Å². The number of aryl methyl sites for hydroxylation is 1. The first kappa shape index (κ1) is 31.8. The van der Waals surface area contributed by atoms with Crippen molar-refractivity contribution in [3.63, 3.8) is 0 Å². The zero-order chi connectivity index (χ0) is 32.5. The van der Waals surface area contributed by atoms with Gasteiger partial charge in [0.2, 0.25) is 0 Å². The molecule has 0 aliphatic carbocycles. The lowest BCUT2D eigenvalue weighted by Crippen LogP contribution is -2.42. The lowest BCUT2D eigenvalue weighted by molar-refractivity contribution is -0.119. The number of hydrogen-bond acceptors (Lipinski definition) is 5. The Labute approximate surface area is 270 Å². The number of benzene rings is 3. The fraction of sp³-hybridized carbons (Fsp3) is 0.156. The summed E-state index contributed by atoms with van der Waals surface area (Å²) < 4.78 is 33.6. The fourth-order valence-corrected chi connectivity index (χ4v) is 6.91. The molecule has 0 saturated carbocycles. The van der Waals surface area contributed by atoms with Gasteiger partial charge in [0.05, 0.1) is 32.5 Å². The number of aromatic nitrogens is 3. The van der Waals surface area contributed by atoms with Gasteiger partial charge in [-0.05, 0) is 69.3 Å². The predicted molar refractivity (Wildman–Crippen MR) is 178 cm³/mol. The maximum Gasteiger partial charge on any atom is 0.296 e. The molecule has 13 heteroatoms. The van der Waals surface area contributed by atoms with Gasteiger partial charge in [-0.3, -0.25) is 14.3 Å². The van der Waals surface area contributed by atoms with E-state index in [1.54, 1.807) is 73.3 Å². The molecule has 1 N–H and O–H groups in total. The average molecular weight is 666 g/mol. The van der Waals surface area contributed by atoms with E-state index >= 15 is 0 Å². The van der Waals surface area contributed by atoms with Crippen molar-refractivity contribution in [1.29, 1.82) is 0 Å². The number of anilines is 1. The van der Waals surface area contributed by atoms with Gasteiger partial charge in [0.25, 0.3) is 21.5 Å². The van der Waals surface area contributed by atoms with E-state index in [4.69, 9.17) is 23.2 Å². The predicted octanol–water partition coefficient (Wildman–Crippen LogP) is 5.54. The second-order valence-corrected chi connectivity index (χ2v) is 13.0. The third kappa shape index (κ3) is 6.19. The number of sulfonamides is 1. The van der Waals surface area contributed by atoms with E-state index < -0.39 is 28.0 Å². The monoisotopic (exact) mass is 664 g/mol. The van der Waals surface area contributed by atoms with Gasteiger partial charge in [0.15, 0.2) is 0 Å². The van der Waals surface area contributed by atoms with Crippen molar-refractivity contribution in [3.8, 4) is 11.4 Å². The summed E-state index contributed by atoms with van der Waals surface area (Å²) in [5.74, 6) is -0.738. The van der Waals surface area contributed by atoms with Crippen LogP contribution < -0.4 is 15.3 Å². The third-order valence-electron chi connectivity index (χ3n) is 7.42. The van der Waals surface area contributed by atoms with Gasteiger partial charge in [-0.1, -0.05) is 59.6 Å². The number of hydrazone groups is 1. The second kappa shape index (κ2) is 12.8. The number of nitrogens with one attached hydrogen (secondary N) is 1. The Morgan fingerprint density at radius 3 is 2.18 bits per heavy atom. The molecular formula is C32H30Cl2N6O4S. The molecule has 0 bridgehead atoms. The molecule has 5 rings (SSSR count). The van der Waals surface area contributed by atoms with Crippen molar-refractivity contribution < 1.29 is 13.2 Å². The molecular weight excluding hydrogens is 635 g/mol. The van der Waals surface area contributed by atoms with Gasteiger partial charge >= 0.3 is 0 Å². The highest BCUT2D eigenvalue weighted by Gasteiger charge is 2.33. The quantitative estimate of drug-likeness (QED) is 0.165. The average Bonchev–Trinajstić information content (AvgIpc) is 3.43. The Hall–Kier alpha value is -4.58. The van der Waals surface area contributed by atoms with Crippen LogP contribution in [0, 0.1) is 20.8 Å². The van der Waals surface area contributed by atoms with Crippen LogP contribution in [0.25, 0.3) is 11.4 Å². The summed E-state index contributed by atoms with van der Waals surface area (Å²) >= 11 is 12.3. The first-order chi connectivity index (χ1) is 21.4. The van der Waals surface area contributed by atoms with Crippen molar-refractivity contribution in [1.82, 2.24) is 19.4 Å². The Balaban J connectivity index is 1.46. The summed E-state index contributed by atoms with van der Waals surface area (Å²) in [6.07, 6.45) is 1.47. The molecule has 3 aromatic carbocycles. The van der Waals surface area contributed by atoms with E-state index in [9.17, 15) is 18.0 Å². The molecule has 0 aliphatic rings. The molecule has 0 radical (unpaired) electrons. The first-order valence-electron chi connectivity index (χ1n) is 13.8. The van der Waals surface area contributed by atoms with E-state index in [0.29, 0.717) is 21.4 Å². The summed E-state index contributed by atoms with van der Waals surface area (Å²) in [6, 6.07) is 23.7. The molecule has 5 aromatic rings. The number of para-hydroxylation sites is 1. The molecule has 0 unspecified atom stereocenters. The van der Waals surface area contributed by atoms with Gasteiger partial charge in [-0.2, -0.15) is 5.10 Å². The molecule has 1 amide bonds. The third-order valence-corrected chi connectivity index (χ3v) is 9.92. The van der Waals surface area contributed by atoms with E-state index in [-0.39, 0.29) is 10.6 Å². The molecule has 2 heterocycles. The van der Waals surface area contributed by atoms with Crippen LogP contribution in [-0.2, 0) is 21.9 Å². The van der Waals surface area contributed by atoms with E-state index in [1.165, 1.54) is 23.0 Å². The Bertz CT molecular complexity index is 2090. The maximum atomic E-state index is 13.9. The molecule has 2 aromatic heterocycles. The normalized spacial score (nSPS) is 11.7. The Morgan fingerprint density at radius 2 is 1.53 bits per heavy atom. The van der Waals surface area contributed by atoms with Crippen molar-refractivity contribution in [2.24, 2.45) is 12.1 Å². The minimum absolute atomic E-state index is 0.0649. The number of carbonyl (C=O) groups excluding carboxylic acids is 1.